The summed E-state index contributed by atoms with van der Waals surface area (Å²) in [6, 6.07) is 14.4. The molecule has 0 amide bonds. The van der Waals surface area contributed by atoms with E-state index in [1.54, 1.807) is 12.1 Å². The van der Waals surface area contributed by atoms with Crippen molar-refractivity contribution in [3.8, 4) is 11.5 Å². The van der Waals surface area contributed by atoms with Crippen molar-refractivity contribution in [3.63, 3.8) is 0 Å². The molecule has 28 heavy (non-hydrogen) atoms. The summed E-state index contributed by atoms with van der Waals surface area (Å²) in [6.45, 7) is 0. The lowest BCUT2D eigenvalue weighted by Gasteiger charge is -2.03. The number of fused-ring (bicyclic) bond motifs is 1. The van der Waals surface area contributed by atoms with Gasteiger partial charge in [0.2, 0.25) is 5.89 Å². The second-order valence-corrected chi connectivity index (χ2v) is 8.40. The van der Waals surface area contributed by atoms with Crippen molar-refractivity contribution < 1.29 is 13.6 Å². The van der Waals surface area contributed by atoms with E-state index in [0.717, 1.165) is 21.8 Å². The predicted octanol–water partition coefficient (Wildman–Crippen LogP) is 5.34. The number of carbonyl (C=O) groups excluding carboxylic acids is 1. The largest absolute Gasteiger partial charge is 0.421 e. The molecule has 0 saturated carbocycles. The van der Waals surface area contributed by atoms with Crippen molar-refractivity contribution in [2.75, 3.05) is 5.75 Å². The Kier molecular flexibility index (Phi) is 5.47. The van der Waals surface area contributed by atoms with Gasteiger partial charge in [0, 0.05) is 15.4 Å². The highest BCUT2D eigenvalue weighted by molar-refractivity contribution is 9.11. The molecule has 0 N–H and O–H groups in total. The third-order valence-electron chi connectivity index (χ3n) is 3.81. The highest BCUT2D eigenvalue weighted by Gasteiger charge is 2.17. The van der Waals surface area contributed by atoms with Crippen LogP contribution in [0, 0.1) is 0 Å². The van der Waals surface area contributed by atoms with Crippen molar-refractivity contribution in [3.05, 3.63) is 73.5 Å². The first kappa shape index (κ1) is 19.1. The lowest BCUT2D eigenvalue weighted by Crippen LogP contribution is -2.15. The number of nitrogens with zero attached hydrogens (tertiary/aromatic N) is 2. The maximum atomic E-state index is 12.5. The lowest BCUT2D eigenvalue weighted by atomic mass is 10.1. The first-order chi connectivity index (χ1) is 13.5. The van der Waals surface area contributed by atoms with Crippen molar-refractivity contribution in [1.29, 1.82) is 0 Å². The van der Waals surface area contributed by atoms with Gasteiger partial charge in [0.25, 0.3) is 5.22 Å². The molecule has 0 saturated heterocycles. The summed E-state index contributed by atoms with van der Waals surface area (Å²) >= 11 is 7.80. The van der Waals surface area contributed by atoms with Crippen molar-refractivity contribution in [1.82, 2.24) is 10.2 Å². The summed E-state index contributed by atoms with van der Waals surface area (Å²) in [5, 5.41) is 8.80. The van der Waals surface area contributed by atoms with Crippen LogP contribution in [0.1, 0.15) is 10.4 Å². The summed E-state index contributed by atoms with van der Waals surface area (Å²) in [4.78, 5) is 24.8. The number of aromatic nitrogens is 2. The Morgan fingerprint density at radius 1 is 1.04 bits per heavy atom. The van der Waals surface area contributed by atoms with Crippen LogP contribution in [0.5, 0.6) is 0 Å². The molecule has 2 heterocycles. The molecule has 6 nitrogen and oxygen atoms in total. The van der Waals surface area contributed by atoms with Gasteiger partial charge >= 0.3 is 5.63 Å². The fourth-order valence-electron chi connectivity index (χ4n) is 2.52. The number of hydrogen-bond acceptors (Lipinski definition) is 7. The number of halogens is 2. The molecule has 0 unspecified atom stereocenters. The van der Waals surface area contributed by atoms with E-state index < -0.39 is 5.63 Å². The van der Waals surface area contributed by atoms with Crippen LogP contribution in [0.3, 0.4) is 0 Å². The van der Waals surface area contributed by atoms with E-state index in [1.165, 1.54) is 6.07 Å². The minimum absolute atomic E-state index is 0.0206. The number of thioether (sulfide) groups is 1. The zero-order valence-corrected chi connectivity index (χ0v) is 18.0. The minimum atomic E-state index is -0.684. The van der Waals surface area contributed by atoms with Crippen LogP contribution >= 0.6 is 43.6 Å². The van der Waals surface area contributed by atoms with Crippen LogP contribution in [0.4, 0.5) is 0 Å². The molecule has 0 bridgehead atoms. The normalized spacial score (nSPS) is 11.1. The van der Waals surface area contributed by atoms with E-state index in [0.29, 0.717) is 21.3 Å². The molecule has 0 radical (unpaired) electrons. The molecule has 0 aliphatic rings. The first-order valence-electron chi connectivity index (χ1n) is 7.99. The molecule has 9 heteroatoms. The average molecular weight is 522 g/mol. The molecule has 0 fully saturated rings. The molecule has 4 aromatic rings. The number of benzene rings is 2. The van der Waals surface area contributed by atoms with Crippen LogP contribution < -0.4 is 5.63 Å². The summed E-state index contributed by atoms with van der Waals surface area (Å²) < 4.78 is 12.3. The fraction of sp³-hybridized carbons (Fsp3) is 0.0526. The van der Waals surface area contributed by atoms with E-state index in [-0.39, 0.29) is 22.3 Å². The van der Waals surface area contributed by atoms with Gasteiger partial charge in [-0.3, -0.25) is 4.79 Å². The van der Waals surface area contributed by atoms with Gasteiger partial charge in [0.1, 0.15) is 5.56 Å². The smallest absolute Gasteiger partial charge is 0.347 e. The molecule has 2 aromatic carbocycles. The standard InChI is InChI=1S/C19H10Br2N2O4S/c20-12-6-11-7-13(18(25)26-16(11)14(21)8-12)15(24)9-28-19-23-22-17(27-19)10-4-2-1-3-5-10/h1-8H,9H2. The SMILES string of the molecule is O=C(CSc1nnc(-c2ccccc2)o1)c1cc2cc(Br)cc(Br)c2oc1=O. The molecule has 0 aliphatic heterocycles. The van der Waals surface area contributed by atoms with Gasteiger partial charge in [-0.1, -0.05) is 45.9 Å². The minimum Gasteiger partial charge on any atom is -0.421 e. The van der Waals surface area contributed by atoms with E-state index in [1.807, 2.05) is 30.3 Å². The Bertz CT molecular complexity index is 1240. The Hall–Kier alpha value is -2.23. The van der Waals surface area contributed by atoms with E-state index in [9.17, 15) is 9.59 Å². The van der Waals surface area contributed by atoms with Gasteiger partial charge in [0.05, 0.1) is 10.2 Å². The Morgan fingerprint density at radius 2 is 1.82 bits per heavy atom. The number of Topliss-reactive ketones (excluding diaryl/α,β-unsaturated/α-hetero) is 1. The molecular formula is C19H10Br2N2O4S. The fourth-order valence-corrected chi connectivity index (χ4v) is 4.51. The van der Waals surface area contributed by atoms with Gasteiger partial charge in [0.15, 0.2) is 11.4 Å². The van der Waals surface area contributed by atoms with Crippen molar-refractivity contribution >= 4 is 60.4 Å². The second kappa shape index (κ2) is 8.02. The van der Waals surface area contributed by atoms with E-state index in [4.69, 9.17) is 8.83 Å². The lowest BCUT2D eigenvalue weighted by molar-refractivity contribution is 0.101. The van der Waals surface area contributed by atoms with Crippen LogP contribution in [0.2, 0.25) is 0 Å². The molecule has 0 spiro atoms. The number of carbonyl (C=O) groups is 1. The van der Waals surface area contributed by atoms with Crippen LogP contribution in [-0.2, 0) is 0 Å². The van der Waals surface area contributed by atoms with Crippen LogP contribution in [0.25, 0.3) is 22.4 Å². The zero-order chi connectivity index (χ0) is 19.7. The quantitative estimate of drug-likeness (QED) is 0.199. The monoisotopic (exact) mass is 520 g/mol. The van der Waals surface area contributed by atoms with E-state index >= 15 is 0 Å². The van der Waals surface area contributed by atoms with Crippen molar-refractivity contribution in [2.24, 2.45) is 0 Å². The maximum Gasteiger partial charge on any atom is 0.347 e. The van der Waals surface area contributed by atoms with Gasteiger partial charge in [-0.05, 0) is 46.3 Å². The molecule has 140 valence electrons. The Morgan fingerprint density at radius 3 is 2.61 bits per heavy atom. The van der Waals surface area contributed by atoms with Crippen molar-refractivity contribution in [2.45, 2.75) is 5.22 Å². The maximum absolute atomic E-state index is 12.5. The molecule has 2 aromatic heterocycles. The third kappa shape index (κ3) is 3.96. The average Bonchev–Trinajstić information content (AvgIpc) is 3.16. The highest BCUT2D eigenvalue weighted by atomic mass is 79.9. The number of hydrogen-bond donors (Lipinski definition) is 0. The van der Waals surface area contributed by atoms with Crippen LogP contribution in [0.15, 0.2) is 76.3 Å². The van der Waals surface area contributed by atoms with Gasteiger partial charge in [-0.15, -0.1) is 10.2 Å². The summed E-state index contributed by atoms with van der Waals surface area (Å²) in [7, 11) is 0. The summed E-state index contributed by atoms with van der Waals surface area (Å²) in [5.74, 6) is -0.0336. The molecular weight excluding hydrogens is 512 g/mol. The Balaban J connectivity index is 1.54. The summed E-state index contributed by atoms with van der Waals surface area (Å²) in [5.41, 5.74) is 0.478. The predicted molar refractivity (Wildman–Crippen MR) is 113 cm³/mol. The summed E-state index contributed by atoms with van der Waals surface area (Å²) in [6.07, 6.45) is 0. The van der Waals surface area contributed by atoms with Gasteiger partial charge in [-0.25, -0.2) is 4.79 Å². The number of ketones is 1. The molecule has 4 rings (SSSR count). The third-order valence-corrected chi connectivity index (χ3v) is 5.67. The van der Waals surface area contributed by atoms with Gasteiger partial charge in [-0.2, -0.15) is 0 Å². The first-order valence-corrected chi connectivity index (χ1v) is 10.6. The Labute approximate surface area is 179 Å². The molecule has 0 aliphatic carbocycles. The topological polar surface area (TPSA) is 86.2 Å². The molecule has 0 atom stereocenters. The highest BCUT2D eigenvalue weighted by Crippen LogP contribution is 2.28. The second-order valence-electron chi connectivity index (χ2n) is 5.70. The van der Waals surface area contributed by atoms with Gasteiger partial charge < -0.3 is 8.83 Å². The number of rotatable bonds is 5. The zero-order valence-electron chi connectivity index (χ0n) is 14.0. The van der Waals surface area contributed by atoms with Crippen LogP contribution in [-0.4, -0.2) is 21.7 Å². The van der Waals surface area contributed by atoms with E-state index in [2.05, 4.69) is 42.1 Å².